The van der Waals surface area contributed by atoms with Gasteiger partial charge < -0.3 is 4.74 Å². The maximum absolute atomic E-state index is 5.73. The first-order valence-electron chi connectivity index (χ1n) is 6.32. The molecule has 2 heterocycles. The molecule has 5 heteroatoms. The smallest absolute Gasteiger partial charge is 0.0670 e. The molecule has 1 aliphatic heterocycles. The number of aryl methyl sites for hydroxylation is 2. The molecule has 2 rings (SSSR count). The summed E-state index contributed by atoms with van der Waals surface area (Å²) in [6.45, 7) is 3.78. The molecule has 1 saturated heterocycles. The number of hydrazine groups is 1. The molecule has 1 aromatic rings. The lowest BCUT2D eigenvalue weighted by Crippen LogP contribution is -2.37. The van der Waals surface area contributed by atoms with Crippen LogP contribution in [-0.4, -0.2) is 23.0 Å². The zero-order chi connectivity index (χ0) is 12.3. The molecule has 96 valence electrons. The second kappa shape index (κ2) is 5.62. The first-order chi connectivity index (χ1) is 8.26. The van der Waals surface area contributed by atoms with Crippen LogP contribution in [0.25, 0.3) is 0 Å². The van der Waals surface area contributed by atoms with Crippen LogP contribution in [0.1, 0.15) is 37.1 Å². The van der Waals surface area contributed by atoms with Crippen LogP contribution in [0.5, 0.6) is 0 Å². The van der Waals surface area contributed by atoms with E-state index in [9.17, 15) is 0 Å². The van der Waals surface area contributed by atoms with Gasteiger partial charge >= 0.3 is 0 Å². The average Bonchev–Trinajstić information content (AvgIpc) is 2.73. The molecule has 0 bridgehead atoms. The van der Waals surface area contributed by atoms with E-state index in [0.717, 1.165) is 38.2 Å². The SMILES string of the molecule is CCc1nn(C)cc1C(NN)C1CCCOC1. The quantitative estimate of drug-likeness (QED) is 0.604. The number of nitrogens with zero attached hydrogens (tertiary/aromatic N) is 2. The van der Waals surface area contributed by atoms with Crippen molar-refractivity contribution in [2.75, 3.05) is 13.2 Å². The van der Waals surface area contributed by atoms with Crippen molar-refractivity contribution in [1.82, 2.24) is 15.2 Å². The standard InChI is InChI=1S/C12H22N4O/c1-3-11-10(7-16(2)15-11)12(14-13)9-5-4-6-17-8-9/h7,9,12,14H,3-6,8,13H2,1-2H3. The highest BCUT2D eigenvalue weighted by Crippen LogP contribution is 2.29. The predicted octanol–water partition coefficient (Wildman–Crippen LogP) is 0.913. The van der Waals surface area contributed by atoms with E-state index in [1.807, 2.05) is 11.7 Å². The lowest BCUT2D eigenvalue weighted by Gasteiger charge is -2.29. The molecular weight excluding hydrogens is 216 g/mol. The molecule has 0 aliphatic carbocycles. The highest BCUT2D eigenvalue weighted by Gasteiger charge is 2.27. The van der Waals surface area contributed by atoms with E-state index >= 15 is 0 Å². The van der Waals surface area contributed by atoms with Crippen LogP contribution in [0.15, 0.2) is 6.20 Å². The van der Waals surface area contributed by atoms with Gasteiger partial charge in [-0.2, -0.15) is 5.10 Å². The van der Waals surface area contributed by atoms with Crippen LogP contribution in [0.3, 0.4) is 0 Å². The zero-order valence-electron chi connectivity index (χ0n) is 10.6. The van der Waals surface area contributed by atoms with Crippen LogP contribution in [0.4, 0.5) is 0 Å². The molecule has 2 atom stereocenters. The number of hydrogen-bond acceptors (Lipinski definition) is 4. The van der Waals surface area contributed by atoms with Crippen LogP contribution < -0.4 is 11.3 Å². The number of nitrogens with two attached hydrogens (primary N) is 1. The fraction of sp³-hybridized carbons (Fsp3) is 0.750. The van der Waals surface area contributed by atoms with Crippen molar-refractivity contribution in [1.29, 1.82) is 0 Å². The fourth-order valence-electron chi connectivity index (χ4n) is 2.60. The van der Waals surface area contributed by atoms with Gasteiger partial charge in [0.1, 0.15) is 0 Å². The maximum Gasteiger partial charge on any atom is 0.0670 e. The van der Waals surface area contributed by atoms with Crippen molar-refractivity contribution in [3.63, 3.8) is 0 Å². The molecule has 3 N–H and O–H groups in total. The van der Waals surface area contributed by atoms with Gasteiger partial charge in [0.2, 0.25) is 0 Å². The highest BCUT2D eigenvalue weighted by molar-refractivity contribution is 5.22. The third-order valence-corrected chi connectivity index (χ3v) is 3.45. The number of rotatable bonds is 4. The molecule has 1 aromatic heterocycles. The molecule has 5 nitrogen and oxygen atoms in total. The van der Waals surface area contributed by atoms with Gasteiger partial charge in [-0.25, -0.2) is 0 Å². The fourth-order valence-corrected chi connectivity index (χ4v) is 2.60. The predicted molar refractivity (Wildman–Crippen MR) is 66.2 cm³/mol. The van der Waals surface area contributed by atoms with Crippen molar-refractivity contribution >= 4 is 0 Å². The van der Waals surface area contributed by atoms with Crippen molar-refractivity contribution in [3.8, 4) is 0 Å². The minimum Gasteiger partial charge on any atom is -0.381 e. The van der Waals surface area contributed by atoms with Gasteiger partial charge in [-0.3, -0.25) is 16.0 Å². The van der Waals surface area contributed by atoms with Gasteiger partial charge in [0.15, 0.2) is 0 Å². The van der Waals surface area contributed by atoms with Crippen LogP contribution in [-0.2, 0) is 18.2 Å². The summed E-state index contributed by atoms with van der Waals surface area (Å²) in [5, 5.41) is 4.47. The molecule has 0 saturated carbocycles. The second-order valence-electron chi connectivity index (χ2n) is 4.68. The monoisotopic (exact) mass is 238 g/mol. The van der Waals surface area contributed by atoms with E-state index < -0.39 is 0 Å². The van der Waals surface area contributed by atoms with E-state index in [2.05, 4.69) is 23.6 Å². The molecule has 2 unspecified atom stereocenters. The first-order valence-corrected chi connectivity index (χ1v) is 6.32. The number of ether oxygens (including phenoxy) is 1. The summed E-state index contributed by atoms with van der Waals surface area (Å²) >= 11 is 0. The van der Waals surface area contributed by atoms with E-state index in [1.54, 1.807) is 0 Å². The lowest BCUT2D eigenvalue weighted by molar-refractivity contribution is 0.0389. The summed E-state index contributed by atoms with van der Waals surface area (Å²) in [5.74, 6) is 6.17. The first kappa shape index (κ1) is 12.5. The van der Waals surface area contributed by atoms with Crippen LogP contribution in [0.2, 0.25) is 0 Å². The minimum absolute atomic E-state index is 0.152. The average molecular weight is 238 g/mol. The van der Waals surface area contributed by atoms with Gasteiger partial charge in [0.25, 0.3) is 0 Å². The molecular formula is C12H22N4O. The van der Waals surface area contributed by atoms with E-state index in [1.165, 1.54) is 5.56 Å². The molecule has 0 spiro atoms. The Morgan fingerprint density at radius 2 is 2.53 bits per heavy atom. The largest absolute Gasteiger partial charge is 0.381 e. The Hall–Kier alpha value is -0.910. The van der Waals surface area contributed by atoms with E-state index in [0.29, 0.717) is 5.92 Å². The Balaban J connectivity index is 2.20. The molecule has 0 amide bonds. The van der Waals surface area contributed by atoms with Gasteiger partial charge in [-0.15, -0.1) is 0 Å². The number of aromatic nitrogens is 2. The zero-order valence-corrected chi connectivity index (χ0v) is 10.6. The van der Waals surface area contributed by atoms with Gasteiger partial charge in [0.05, 0.1) is 18.3 Å². The normalized spacial score (nSPS) is 22.6. The van der Waals surface area contributed by atoms with Crippen LogP contribution >= 0.6 is 0 Å². The molecule has 0 radical (unpaired) electrons. The van der Waals surface area contributed by atoms with Gasteiger partial charge in [0, 0.05) is 31.3 Å². The maximum atomic E-state index is 5.73. The molecule has 0 aromatic carbocycles. The summed E-state index contributed by atoms with van der Waals surface area (Å²) in [6, 6.07) is 0.152. The Labute approximate surface area is 102 Å². The van der Waals surface area contributed by atoms with Crippen molar-refractivity contribution in [2.45, 2.75) is 32.2 Å². The summed E-state index contributed by atoms with van der Waals surface area (Å²) in [6.07, 6.45) is 5.28. The van der Waals surface area contributed by atoms with E-state index in [-0.39, 0.29) is 6.04 Å². The van der Waals surface area contributed by atoms with Crippen molar-refractivity contribution < 1.29 is 4.74 Å². The number of hydrogen-bond donors (Lipinski definition) is 2. The highest BCUT2D eigenvalue weighted by atomic mass is 16.5. The van der Waals surface area contributed by atoms with E-state index in [4.69, 9.17) is 10.6 Å². The Kier molecular flexibility index (Phi) is 4.15. The van der Waals surface area contributed by atoms with Crippen LogP contribution in [0, 0.1) is 5.92 Å². The minimum atomic E-state index is 0.152. The van der Waals surface area contributed by atoms with Gasteiger partial charge in [-0.05, 0) is 19.3 Å². The summed E-state index contributed by atoms with van der Waals surface area (Å²) in [5.41, 5.74) is 5.28. The summed E-state index contributed by atoms with van der Waals surface area (Å²) < 4.78 is 7.41. The molecule has 1 fully saturated rings. The third kappa shape index (κ3) is 2.68. The van der Waals surface area contributed by atoms with Crippen molar-refractivity contribution in [2.24, 2.45) is 18.8 Å². The molecule has 17 heavy (non-hydrogen) atoms. The third-order valence-electron chi connectivity index (χ3n) is 3.45. The topological polar surface area (TPSA) is 65.1 Å². The van der Waals surface area contributed by atoms with Crippen molar-refractivity contribution in [3.05, 3.63) is 17.5 Å². The lowest BCUT2D eigenvalue weighted by atomic mass is 9.89. The Bertz CT molecular complexity index is 357. The second-order valence-corrected chi connectivity index (χ2v) is 4.68. The number of nitrogens with one attached hydrogen (secondary N) is 1. The molecule has 1 aliphatic rings. The Morgan fingerprint density at radius 3 is 3.12 bits per heavy atom. The Morgan fingerprint density at radius 1 is 1.71 bits per heavy atom. The van der Waals surface area contributed by atoms with Gasteiger partial charge in [-0.1, -0.05) is 6.92 Å². The summed E-state index contributed by atoms with van der Waals surface area (Å²) in [4.78, 5) is 0. The summed E-state index contributed by atoms with van der Waals surface area (Å²) in [7, 11) is 1.95.